The molecule has 1 aliphatic heterocycles. The second kappa shape index (κ2) is 4.07. The highest BCUT2D eigenvalue weighted by Gasteiger charge is 2.27. The van der Waals surface area contributed by atoms with Crippen molar-refractivity contribution >= 4 is 0 Å². The Morgan fingerprint density at radius 2 is 2.29 bits per heavy atom. The number of hydrogen-bond donors (Lipinski definition) is 2. The maximum atomic E-state index is 13.0. The molecule has 1 aromatic carbocycles. The van der Waals surface area contributed by atoms with Crippen LogP contribution in [0.15, 0.2) is 24.3 Å². The summed E-state index contributed by atoms with van der Waals surface area (Å²) in [6, 6.07) is 6.64. The lowest BCUT2D eigenvalue weighted by molar-refractivity contribution is 0.226. The van der Waals surface area contributed by atoms with Crippen LogP contribution in [0.2, 0.25) is 0 Å². The third-order valence-corrected chi connectivity index (χ3v) is 2.85. The van der Waals surface area contributed by atoms with Crippen molar-refractivity contribution in [1.29, 1.82) is 0 Å². The summed E-state index contributed by atoms with van der Waals surface area (Å²) < 4.78 is 13.0. The van der Waals surface area contributed by atoms with Crippen molar-refractivity contribution in [3.8, 4) is 0 Å². The monoisotopic (exact) mass is 195 g/mol. The Morgan fingerprint density at radius 3 is 3.00 bits per heavy atom. The summed E-state index contributed by atoms with van der Waals surface area (Å²) in [6.45, 7) is 1.81. The van der Waals surface area contributed by atoms with E-state index in [2.05, 4.69) is 5.32 Å². The third-order valence-electron chi connectivity index (χ3n) is 2.85. The number of aliphatic hydroxyl groups excluding tert-OH is 1. The zero-order valence-electron chi connectivity index (χ0n) is 7.91. The van der Waals surface area contributed by atoms with Crippen LogP contribution in [0.25, 0.3) is 0 Å². The molecule has 14 heavy (non-hydrogen) atoms. The zero-order valence-corrected chi connectivity index (χ0v) is 7.91. The van der Waals surface area contributed by atoms with Gasteiger partial charge in [-0.25, -0.2) is 4.39 Å². The van der Waals surface area contributed by atoms with Gasteiger partial charge in [0.05, 0.1) is 0 Å². The molecule has 0 aliphatic carbocycles. The van der Waals surface area contributed by atoms with Gasteiger partial charge in [-0.15, -0.1) is 0 Å². The van der Waals surface area contributed by atoms with E-state index in [0.717, 1.165) is 18.7 Å². The predicted molar refractivity (Wildman–Crippen MR) is 52.6 cm³/mol. The summed E-state index contributed by atoms with van der Waals surface area (Å²) in [4.78, 5) is 0. The highest BCUT2D eigenvalue weighted by Crippen LogP contribution is 2.27. The Balaban J connectivity index is 2.21. The summed E-state index contributed by atoms with van der Waals surface area (Å²) in [5.74, 6) is 0.263. The number of hydrogen-bond acceptors (Lipinski definition) is 2. The molecule has 0 spiro atoms. The smallest absolute Gasteiger partial charge is 0.123 e. The molecule has 1 fully saturated rings. The van der Waals surface area contributed by atoms with E-state index < -0.39 is 0 Å². The molecule has 0 saturated carbocycles. The SMILES string of the molecule is OC[C@H]1CNC[C@H]1c1cccc(F)c1. The van der Waals surface area contributed by atoms with Gasteiger partial charge in [-0.3, -0.25) is 0 Å². The zero-order chi connectivity index (χ0) is 9.97. The molecule has 1 heterocycles. The standard InChI is InChI=1S/C11H14FNO/c12-10-3-1-2-8(4-10)11-6-13-5-9(11)7-14/h1-4,9,11,13-14H,5-7H2/t9-,11+/m1/s1. The average molecular weight is 195 g/mol. The van der Waals surface area contributed by atoms with E-state index >= 15 is 0 Å². The van der Waals surface area contributed by atoms with E-state index in [0.29, 0.717) is 0 Å². The fourth-order valence-electron chi connectivity index (χ4n) is 2.05. The lowest BCUT2D eigenvalue weighted by Gasteiger charge is -2.16. The minimum atomic E-state index is -0.203. The van der Waals surface area contributed by atoms with Gasteiger partial charge in [-0.2, -0.15) is 0 Å². The maximum Gasteiger partial charge on any atom is 0.123 e. The number of halogens is 1. The van der Waals surface area contributed by atoms with Gasteiger partial charge in [-0.05, 0) is 17.7 Å². The van der Waals surface area contributed by atoms with E-state index in [1.807, 2.05) is 6.07 Å². The van der Waals surface area contributed by atoms with Gasteiger partial charge < -0.3 is 10.4 Å². The first-order valence-corrected chi connectivity index (χ1v) is 4.88. The number of nitrogens with one attached hydrogen (secondary N) is 1. The molecule has 1 aliphatic rings. The first kappa shape index (κ1) is 9.62. The van der Waals surface area contributed by atoms with Crippen LogP contribution in [0, 0.1) is 11.7 Å². The van der Waals surface area contributed by atoms with E-state index in [-0.39, 0.29) is 24.3 Å². The Labute approximate surface area is 82.8 Å². The summed E-state index contributed by atoms with van der Waals surface area (Å²) >= 11 is 0. The van der Waals surface area contributed by atoms with Crippen LogP contribution >= 0.6 is 0 Å². The van der Waals surface area contributed by atoms with E-state index in [1.54, 1.807) is 12.1 Å². The Hall–Kier alpha value is -0.930. The minimum Gasteiger partial charge on any atom is -0.396 e. The van der Waals surface area contributed by atoms with Gasteiger partial charge in [0.25, 0.3) is 0 Å². The van der Waals surface area contributed by atoms with Gasteiger partial charge in [0, 0.05) is 31.5 Å². The van der Waals surface area contributed by atoms with Crippen LogP contribution in [-0.2, 0) is 0 Å². The molecule has 0 aromatic heterocycles. The first-order chi connectivity index (χ1) is 6.81. The van der Waals surface area contributed by atoms with E-state index in [9.17, 15) is 4.39 Å². The maximum absolute atomic E-state index is 13.0. The van der Waals surface area contributed by atoms with Gasteiger partial charge in [0.1, 0.15) is 5.82 Å². The molecule has 0 radical (unpaired) electrons. The average Bonchev–Trinajstić information content (AvgIpc) is 2.65. The molecule has 1 aromatic rings. The molecule has 76 valence electrons. The lowest BCUT2D eigenvalue weighted by atomic mass is 9.89. The second-order valence-electron chi connectivity index (χ2n) is 3.76. The van der Waals surface area contributed by atoms with Crippen LogP contribution in [-0.4, -0.2) is 24.8 Å². The summed E-state index contributed by atoms with van der Waals surface area (Å²) in [5, 5.41) is 12.3. The normalized spacial score (nSPS) is 26.7. The van der Waals surface area contributed by atoms with E-state index in [1.165, 1.54) is 6.07 Å². The summed E-state index contributed by atoms with van der Waals surface area (Å²) in [5.41, 5.74) is 0.981. The minimum absolute atomic E-state index is 0.161. The molecular weight excluding hydrogens is 181 g/mol. The van der Waals surface area contributed by atoms with E-state index in [4.69, 9.17) is 5.11 Å². The highest BCUT2D eigenvalue weighted by molar-refractivity contribution is 5.23. The largest absolute Gasteiger partial charge is 0.396 e. The fourth-order valence-corrected chi connectivity index (χ4v) is 2.05. The quantitative estimate of drug-likeness (QED) is 0.741. The molecule has 0 amide bonds. The van der Waals surface area contributed by atoms with Gasteiger partial charge in [0.2, 0.25) is 0 Å². The number of aliphatic hydroxyl groups is 1. The van der Waals surface area contributed by atoms with Crippen molar-refractivity contribution < 1.29 is 9.50 Å². The fraction of sp³-hybridized carbons (Fsp3) is 0.455. The predicted octanol–water partition coefficient (Wildman–Crippen LogP) is 1.12. The molecule has 2 rings (SSSR count). The first-order valence-electron chi connectivity index (χ1n) is 4.88. The van der Waals surface area contributed by atoms with Gasteiger partial charge in [-0.1, -0.05) is 12.1 Å². The Bertz CT molecular complexity index is 316. The van der Waals surface area contributed by atoms with Crippen molar-refractivity contribution in [2.24, 2.45) is 5.92 Å². The number of benzene rings is 1. The molecule has 2 atom stereocenters. The van der Waals surface area contributed by atoms with Crippen LogP contribution in [0.5, 0.6) is 0 Å². The van der Waals surface area contributed by atoms with Crippen LogP contribution < -0.4 is 5.32 Å². The second-order valence-corrected chi connectivity index (χ2v) is 3.76. The van der Waals surface area contributed by atoms with Crippen molar-refractivity contribution in [1.82, 2.24) is 5.32 Å². The lowest BCUT2D eigenvalue weighted by Crippen LogP contribution is -2.14. The molecule has 3 heteroatoms. The summed E-state index contributed by atoms with van der Waals surface area (Å²) in [7, 11) is 0. The Kier molecular flexibility index (Phi) is 2.79. The van der Waals surface area contributed by atoms with Crippen molar-refractivity contribution in [2.45, 2.75) is 5.92 Å². The van der Waals surface area contributed by atoms with Crippen molar-refractivity contribution in [2.75, 3.05) is 19.7 Å². The molecule has 1 saturated heterocycles. The molecule has 0 bridgehead atoms. The van der Waals surface area contributed by atoms with Gasteiger partial charge in [0.15, 0.2) is 0 Å². The van der Waals surface area contributed by atoms with Crippen LogP contribution in [0.1, 0.15) is 11.5 Å². The van der Waals surface area contributed by atoms with Crippen LogP contribution in [0.4, 0.5) is 4.39 Å². The Morgan fingerprint density at radius 1 is 1.43 bits per heavy atom. The summed E-state index contributed by atoms with van der Waals surface area (Å²) in [6.07, 6.45) is 0. The molecular formula is C11H14FNO. The highest BCUT2D eigenvalue weighted by atomic mass is 19.1. The topological polar surface area (TPSA) is 32.3 Å². The van der Waals surface area contributed by atoms with Crippen molar-refractivity contribution in [3.63, 3.8) is 0 Å². The molecule has 2 nitrogen and oxygen atoms in total. The third kappa shape index (κ3) is 1.79. The molecule has 2 N–H and O–H groups in total. The van der Waals surface area contributed by atoms with Gasteiger partial charge >= 0.3 is 0 Å². The number of rotatable bonds is 2. The van der Waals surface area contributed by atoms with Crippen molar-refractivity contribution in [3.05, 3.63) is 35.6 Å². The van der Waals surface area contributed by atoms with Crippen LogP contribution in [0.3, 0.4) is 0 Å². The molecule has 0 unspecified atom stereocenters.